The highest BCUT2D eigenvalue weighted by atomic mass is 16.5. The largest absolute Gasteiger partial charge is 0.456 e. The average Bonchev–Trinajstić information content (AvgIpc) is 3.16. The number of nitrogens with zero attached hydrogens (tertiary/aromatic N) is 1. The molecule has 0 bridgehead atoms. The number of fused-ring (bicyclic) bond motifs is 2. The molecule has 0 unspecified atom stereocenters. The van der Waals surface area contributed by atoms with Crippen LogP contribution in [-0.2, 0) is 0 Å². The number of benzene rings is 8. The van der Waals surface area contributed by atoms with Crippen molar-refractivity contribution in [2.24, 2.45) is 0 Å². The van der Waals surface area contributed by atoms with Gasteiger partial charge >= 0.3 is 0 Å². The molecule has 0 aliphatic carbocycles. The first kappa shape index (κ1) is 27.9. The highest BCUT2D eigenvalue weighted by Crippen LogP contribution is 2.49. The number of hydrogen-bond donors (Lipinski definition) is 0. The second kappa shape index (κ2) is 11.8. The van der Waals surface area contributed by atoms with E-state index in [4.69, 9.17) is 4.74 Å². The van der Waals surface area contributed by atoms with Gasteiger partial charge in [-0.3, -0.25) is 0 Å². The molecule has 0 radical (unpaired) electrons. The Kier molecular flexibility index (Phi) is 6.84. The molecule has 0 saturated heterocycles. The smallest absolute Gasteiger partial charge is 0.135 e. The van der Waals surface area contributed by atoms with Gasteiger partial charge in [0, 0.05) is 27.8 Å². The maximum Gasteiger partial charge on any atom is 0.135 e. The fourth-order valence-corrected chi connectivity index (χ4v) is 7.02. The van der Waals surface area contributed by atoms with Crippen LogP contribution in [-0.4, -0.2) is 0 Å². The third-order valence-corrected chi connectivity index (χ3v) is 9.27. The Balaban J connectivity index is 1.23. The van der Waals surface area contributed by atoms with Gasteiger partial charge in [-0.1, -0.05) is 146 Å². The second-order valence-electron chi connectivity index (χ2n) is 12.1. The van der Waals surface area contributed by atoms with Crippen LogP contribution in [0.25, 0.3) is 55.3 Å². The van der Waals surface area contributed by atoms with Crippen molar-refractivity contribution in [3.8, 4) is 56.0 Å². The quantitative estimate of drug-likeness (QED) is 0.185. The summed E-state index contributed by atoms with van der Waals surface area (Å²) in [7, 11) is 0. The molecule has 0 aromatic heterocycles. The molecule has 226 valence electrons. The third-order valence-electron chi connectivity index (χ3n) is 9.27. The minimum atomic E-state index is 0.880. The van der Waals surface area contributed by atoms with E-state index in [0.29, 0.717) is 0 Å². The summed E-state index contributed by atoms with van der Waals surface area (Å²) in [4.78, 5) is 2.40. The molecule has 0 saturated carbocycles. The van der Waals surface area contributed by atoms with Crippen molar-refractivity contribution >= 4 is 27.8 Å². The van der Waals surface area contributed by atoms with Crippen LogP contribution in [0.3, 0.4) is 0 Å². The fraction of sp³-hybridized carbons (Fsp3) is 0. The van der Waals surface area contributed by atoms with E-state index in [1.807, 2.05) is 0 Å². The average molecular weight is 614 g/mol. The molecule has 0 fully saturated rings. The molecule has 1 heterocycles. The van der Waals surface area contributed by atoms with Gasteiger partial charge in [0.1, 0.15) is 11.5 Å². The summed E-state index contributed by atoms with van der Waals surface area (Å²) < 4.78 is 6.46. The van der Waals surface area contributed by atoms with Crippen LogP contribution in [0.1, 0.15) is 0 Å². The van der Waals surface area contributed by atoms with E-state index in [2.05, 4.69) is 193 Å². The fourth-order valence-electron chi connectivity index (χ4n) is 7.02. The Morgan fingerprint density at radius 1 is 0.333 bits per heavy atom. The minimum absolute atomic E-state index is 0.880. The van der Waals surface area contributed by atoms with Gasteiger partial charge in [-0.2, -0.15) is 0 Å². The first-order chi connectivity index (χ1) is 23.8. The molecule has 0 amide bonds. The molecular formula is C46H31NO. The molecule has 2 heteroatoms. The summed E-state index contributed by atoms with van der Waals surface area (Å²) in [6, 6.07) is 66.9. The van der Waals surface area contributed by atoms with Crippen LogP contribution < -0.4 is 9.64 Å². The van der Waals surface area contributed by atoms with Gasteiger partial charge in [0.05, 0.1) is 11.4 Å². The van der Waals surface area contributed by atoms with Gasteiger partial charge in [0.2, 0.25) is 0 Å². The Hall–Kier alpha value is -6.38. The Bertz CT molecular complexity index is 2410. The molecule has 2 nitrogen and oxygen atoms in total. The van der Waals surface area contributed by atoms with Gasteiger partial charge in [-0.25, -0.2) is 0 Å². The van der Waals surface area contributed by atoms with Crippen molar-refractivity contribution in [2.45, 2.75) is 0 Å². The first-order valence-electron chi connectivity index (χ1n) is 16.4. The summed E-state index contributed by atoms with van der Waals surface area (Å²) in [6.07, 6.45) is 0. The lowest BCUT2D eigenvalue weighted by molar-refractivity contribution is 0.487. The summed E-state index contributed by atoms with van der Waals surface area (Å²) in [5.41, 5.74) is 12.6. The van der Waals surface area contributed by atoms with Crippen LogP contribution >= 0.6 is 0 Å². The monoisotopic (exact) mass is 613 g/mol. The topological polar surface area (TPSA) is 12.5 Å². The van der Waals surface area contributed by atoms with E-state index in [-0.39, 0.29) is 0 Å². The molecule has 0 atom stereocenters. The zero-order valence-corrected chi connectivity index (χ0v) is 26.3. The lowest BCUT2D eigenvalue weighted by Crippen LogP contribution is -2.12. The molecule has 9 rings (SSSR count). The van der Waals surface area contributed by atoms with Crippen molar-refractivity contribution < 1.29 is 4.74 Å². The summed E-state index contributed by atoms with van der Waals surface area (Å²) in [5.74, 6) is 1.79. The molecule has 48 heavy (non-hydrogen) atoms. The van der Waals surface area contributed by atoms with Gasteiger partial charge in [-0.05, 0) is 75.7 Å². The van der Waals surface area contributed by atoms with Gasteiger partial charge in [-0.15, -0.1) is 0 Å². The van der Waals surface area contributed by atoms with E-state index in [0.717, 1.165) is 50.6 Å². The standard InChI is InChI=1S/C46H31NO/c1-3-13-32(14-4-1)33-25-28-37(29-26-33)47(42-22-9-7-19-38(42)34-15-5-2-6-16-34)43-23-10-8-20-39(43)36-27-30-44-41(31-36)40-21-11-17-35-18-12-24-45(48-44)46(35)40/h1-31H. The molecule has 0 N–H and O–H groups in total. The Morgan fingerprint density at radius 2 is 0.875 bits per heavy atom. The van der Waals surface area contributed by atoms with Crippen molar-refractivity contribution in [1.82, 2.24) is 0 Å². The molecule has 8 aromatic rings. The van der Waals surface area contributed by atoms with Crippen LogP contribution in [0.4, 0.5) is 17.1 Å². The maximum absolute atomic E-state index is 6.46. The normalized spacial score (nSPS) is 11.5. The Labute approximate surface area is 280 Å². The summed E-state index contributed by atoms with van der Waals surface area (Å²) >= 11 is 0. The van der Waals surface area contributed by atoms with E-state index >= 15 is 0 Å². The van der Waals surface area contributed by atoms with Crippen LogP contribution in [0, 0.1) is 0 Å². The number of rotatable bonds is 6. The number of hydrogen-bond acceptors (Lipinski definition) is 2. The van der Waals surface area contributed by atoms with E-state index in [9.17, 15) is 0 Å². The predicted octanol–water partition coefficient (Wildman–Crippen LogP) is 13.1. The number of para-hydroxylation sites is 2. The lowest BCUT2D eigenvalue weighted by Gasteiger charge is -2.30. The van der Waals surface area contributed by atoms with E-state index in [1.54, 1.807) is 0 Å². The van der Waals surface area contributed by atoms with E-state index in [1.165, 1.54) is 33.2 Å². The first-order valence-corrected chi connectivity index (χ1v) is 16.4. The maximum atomic E-state index is 6.46. The molecule has 0 spiro atoms. The minimum Gasteiger partial charge on any atom is -0.456 e. The molecule has 1 aliphatic rings. The van der Waals surface area contributed by atoms with Crippen molar-refractivity contribution in [2.75, 3.05) is 4.90 Å². The van der Waals surface area contributed by atoms with Crippen molar-refractivity contribution in [3.05, 3.63) is 188 Å². The van der Waals surface area contributed by atoms with Gasteiger partial charge in [0.25, 0.3) is 0 Å². The molecule has 8 aromatic carbocycles. The summed E-state index contributed by atoms with van der Waals surface area (Å²) in [6.45, 7) is 0. The highest BCUT2D eigenvalue weighted by Gasteiger charge is 2.23. The molecular weight excluding hydrogens is 583 g/mol. The van der Waals surface area contributed by atoms with E-state index < -0.39 is 0 Å². The summed E-state index contributed by atoms with van der Waals surface area (Å²) in [5, 5.41) is 2.35. The zero-order chi connectivity index (χ0) is 31.9. The van der Waals surface area contributed by atoms with Crippen LogP contribution in [0.2, 0.25) is 0 Å². The van der Waals surface area contributed by atoms with Crippen molar-refractivity contribution in [1.29, 1.82) is 0 Å². The molecule has 1 aliphatic heterocycles. The second-order valence-corrected chi connectivity index (χ2v) is 12.1. The number of ether oxygens (including phenoxy) is 1. The van der Waals surface area contributed by atoms with Crippen LogP contribution in [0.5, 0.6) is 11.5 Å². The lowest BCUT2D eigenvalue weighted by atomic mass is 9.91. The Morgan fingerprint density at radius 3 is 1.58 bits per heavy atom. The zero-order valence-electron chi connectivity index (χ0n) is 26.3. The predicted molar refractivity (Wildman–Crippen MR) is 200 cm³/mol. The van der Waals surface area contributed by atoms with Gasteiger partial charge in [0.15, 0.2) is 0 Å². The van der Waals surface area contributed by atoms with Crippen molar-refractivity contribution in [3.63, 3.8) is 0 Å². The van der Waals surface area contributed by atoms with Gasteiger partial charge < -0.3 is 9.64 Å². The highest BCUT2D eigenvalue weighted by molar-refractivity contribution is 6.05. The third kappa shape index (κ3) is 4.83. The number of anilines is 3. The SMILES string of the molecule is c1ccc(-c2ccc(N(c3ccccc3-c3ccccc3)c3ccccc3-c3ccc4c(c3)-c3cccc5cccc(c35)O4)cc2)cc1. The van der Waals surface area contributed by atoms with Crippen LogP contribution in [0.15, 0.2) is 188 Å².